The molecule has 3 N–H and O–H groups in total. The molecule has 0 fully saturated rings. The molecule has 1 heterocycles. The number of carboxylic acids is 1. The molecule has 0 saturated carbocycles. The number of aromatic amines is 1. The third kappa shape index (κ3) is 4.57. The molecule has 0 bridgehead atoms. The van der Waals surface area contributed by atoms with E-state index >= 15 is 0 Å². The number of amides is 1. The molecule has 2 aromatic rings. The first kappa shape index (κ1) is 16.5. The molecule has 0 aliphatic heterocycles. The lowest BCUT2D eigenvalue weighted by Gasteiger charge is -2.14. The van der Waals surface area contributed by atoms with Gasteiger partial charge in [-0.3, -0.25) is 9.89 Å². The Balaban J connectivity index is 1.95. The number of nitrogens with one attached hydrogen (secondary N) is 2. The number of aliphatic carboxylic acids is 1. The molecule has 1 aromatic carbocycles. The summed E-state index contributed by atoms with van der Waals surface area (Å²) in [7, 11) is 0. The number of ether oxygens (including phenoxy) is 1. The lowest BCUT2D eigenvalue weighted by atomic mass is 10.1. The van der Waals surface area contributed by atoms with Gasteiger partial charge >= 0.3 is 5.97 Å². The number of hydrogen-bond donors (Lipinski definition) is 3. The minimum Gasteiger partial charge on any atom is -0.482 e. The van der Waals surface area contributed by atoms with Crippen LogP contribution in [-0.4, -0.2) is 33.8 Å². The first-order chi connectivity index (χ1) is 11.0. The lowest BCUT2D eigenvalue weighted by Crippen LogP contribution is -2.26. The van der Waals surface area contributed by atoms with Crippen molar-refractivity contribution >= 4 is 11.9 Å². The van der Waals surface area contributed by atoms with Crippen molar-refractivity contribution in [3.63, 3.8) is 0 Å². The van der Waals surface area contributed by atoms with E-state index in [4.69, 9.17) is 9.84 Å². The van der Waals surface area contributed by atoms with E-state index in [1.807, 2.05) is 13.8 Å². The van der Waals surface area contributed by atoms with Crippen molar-refractivity contribution in [2.24, 2.45) is 0 Å². The number of carbonyl (C=O) groups excluding carboxylic acids is 1. The SMILES string of the molecule is CCc1cc(C(=O)NC(C)c2ccc(OCC(=O)O)cc2)n[nH]1. The molecule has 122 valence electrons. The van der Waals surface area contributed by atoms with Crippen LogP contribution in [0.5, 0.6) is 5.75 Å². The lowest BCUT2D eigenvalue weighted by molar-refractivity contribution is -0.139. The van der Waals surface area contributed by atoms with E-state index in [0.29, 0.717) is 11.4 Å². The highest BCUT2D eigenvalue weighted by atomic mass is 16.5. The Kier molecular flexibility index (Phi) is 5.35. The van der Waals surface area contributed by atoms with Crippen LogP contribution in [0.1, 0.15) is 41.6 Å². The van der Waals surface area contributed by atoms with Gasteiger partial charge in [-0.15, -0.1) is 0 Å². The highest BCUT2D eigenvalue weighted by Crippen LogP contribution is 2.18. The summed E-state index contributed by atoms with van der Waals surface area (Å²) in [5.41, 5.74) is 2.14. The maximum atomic E-state index is 12.1. The van der Waals surface area contributed by atoms with Gasteiger partial charge in [-0.2, -0.15) is 5.10 Å². The summed E-state index contributed by atoms with van der Waals surface area (Å²) in [5, 5.41) is 18.2. The van der Waals surface area contributed by atoms with Crippen molar-refractivity contribution < 1.29 is 19.4 Å². The minimum atomic E-state index is -1.03. The smallest absolute Gasteiger partial charge is 0.341 e. The molecule has 1 unspecified atom stereocenters. The molecule has 0 aliphatic carbocycles. The minimum absolute atomic E-state index is 0.210. The van der Waals surface area contributed by atoms with Crippen molar-refractivity contribution in [1.82, 2.24) is 15.5 Å². The average Bonchev–Trinajstić information content (AvgIpc) is 3.02. The van der Waals surface area contributed by atoms with E-state index in [2.05, 4.69) is 15.5 Å². The molecule has 23 heavy (non-hydrogen) atoms. The Bertz CT molecular complexity index is 679. The largest absolute Gasteiger partial charge is 0.482 e. The van der Waals surface area contributed by atoms with Crippen LogP contribution in [0.2, 0.25) is 0 Å². The molecule has 7 nitrogen and oxygen atoms in total. The summed E-state index contributed by atoms with van der Waals surface area (Å²) < 4.78 is 5.07. The maximum absolute atomic E-state index is 12.1. The van der Waals surface area contributed by atoms with Gasteiger partial charge in [0, 0.05) is 5.69 Å². The second-order valence-corrected chi connectivity index (χ2v) is 5.08. The van der Waals surface area contributed by atoms with Crippen LogP contribution in [0.3, 0.4) is 0 Å². The van der Waals surface area contributed by atoms with Crippen LogP contribution in [0.15, 0.2) is 30.3 Å². The highest BCUT2D eigenvalue weighted by molar-refractivity contribution is 5.92. The van der Waals surface area contributed by atoms with Crippen LogP contribution in [0, 0.1) is 0 Å². The van der Waals surface area contributed by atoms with Crippen LogP contribution >= 0.6 is 0 Å². The van der Waals surface area contributed by atoms with E-state index in [9.17, 15) is 9.59 Å². The second kappa shape index (κ2) is 7.44. The van der Waals surface area contributed by atoms with Crippen LogP contribution in [-0.2, 0) is 11.2 Å². The zero-order valence-corrected chi connectivity index (χ0v) is 13.0. The number of carboxylic acid groups (broad SMARTS) is 1. The van der Waals surface area contributed by atoms with Crippen LogP contribution in [0.25, 0.3) is 0 Å². The number of rotatable bonds is 7. The van der Waals surface area contributed by atoms with Gasteiger partial charge < -0.3 is 15.2 Å². The predicted octanol–water partition coefficient (Wildman–Crippen LogP) is 1.93. The van der Waals surface area contributed by atoms with E-state index in [1.165, 1.54) is 0 Å². The topological polar surface area (TPSA) is 104 Å². The Morgan fingerprint density at radius 2 is 2.04 bits per heavy atom. The third-order valence-corrected chi connectivity index (χ3v) is 3.33. The van der Waals surface area contributed by atoms with E-state index < -0.39 is 5.97 Å². The Morgan fingerprint density at radius 3 is 2.61 bits per heavy atom. The second-order valence-electron chi connectivity index (χ2n) is 5.08. The van der Waals surface area contributed by atoms with Gasteiger partial charge in [0.05, 0.1) is 6.04 Å². The molecule has 1 atom stereocenters. The molecule has 0 aliphatic rings. The molecule has 0 saturated heterocycles. The van der Waals surface area contributed by atoms with E-state index in [0.717, 1.165) is 17.7 Å². The molecule has 2 rings (SSSR count). The van der Waals surface area contributed by atoms with Gasteiger partial charge in [0.25, 0.3) is 5.91 Å². The quantitative estimate of drug-likeness (QED) is 0.724. The Morgan fingerprint density at radius 1 is 1.35 bits per heavy atom. The van der Waals surface area contributed by atoms with E-state index in [1.54, 1.807) is 30.3 Å². The molecule has 1 aromatic heterocycles. The van der Waals surface area contributed by atoms with Crippen molar-refractivity contribution in [3.05, 3.63) is 47.3 Å². The van der Waals surface area contributed by atoms with Gasteiger partial charge in [-0.05, 0) is 37.1 Å². The zero-order chi connectivity index (χ0) is 16.8. The summed E-state index contributed by atoms with van der Waals surface area (Å²) in [6, 6.07) is 8.42. The van der Waals surface area contributed by atoms with Gasteiger partial charge in [0.15, 0.2) is 6.61 Å². The monoisotopic (exact) mass is 317 g/mol. The third-order valence-electron chi connectivity index (χ3n) is 3.33. The number of aryl methyl sites for hydroxylation is 1. The fourth-order valence-corrected chi connectivity index (χ4v) is 2.01. The summed E-state index contributed by atoms with van der Waals surface area (Å²) in [6.45, 7) is 3.45. The predicted molar refractivity (Wildman–Crippen MR) is 83.4 cm³/mol. The zero-order valence-electron chi connectivity index (χ0n) is 13.0. The molecule has 1 amide bonds. The summed E-state index contributed by atoms with van der Waals surface area (Å²) in [6.07, 6.45) is 0.785. The van der Waals surface area contributed by atoms with Gasteiger partial charge in [-0.25, -0.2) is 4.79 Å². The fourth-order valence-electron chi connectivity index (χ4n) is 2.01. The maximum Gasteiger partial charge on any atom is 0.341 e. The van der Waals surface area contributed by atoms with Gasteiger partial charge in [-0.1, -0.05) is 19.1 Å². The van der Waals surface area contributed by atoms with Crippen molar-refractivity contribution in [3.8, 4) is 5.75 Å². The normalized spacial score (nSPS) is 11.7. The average molecular weight is 317 g/mol. The van der Waals surface area contributed by atoms with Crippen LogP contribution in [0.4, 0.5) is 0 Å². The fraction of sp³-hybridized carbons (Fsp3) is 0.312. The van der Waals surface area contributed by atoms with Gasteiger partial charge in [0.2, 0.25) is 0 Å². The summed E-state index contributed by atoms with van der Waals surface area (Å²) >= 11 is 0. The number of nitrogens with zero attached hydrogens (tertiary/aromatic N) is 1. The molecule has 0 radical (unpaired) electrons. The molecule has 0 spiro atoms. The highest BCUT2D eigenvalue weighted by Gasteiger charge is 2.14. The van der Waals surface area contributed by atoms with Gasteiger partial charge in [0.1, 0.15) is 11.4 Å². The first-order valence-electron chi connectivity index (χ1n) is 7.29. The summed E-state index contributed by atoms with van der Waals surface area (Å²) in [4.78, 5) is 22.6. The molecule has 7 heteroatoms. The molecular weight excluding hydrogens is 298 g/mol. The Hall–Kier alpha value is -2.83. The Labute approximate surface area is 133 Å². The number of aromatic nitrogens is 2. The summed E-state index contributed by atoms with van der Waals surface area (Å²) in [5.74, 6) is -0.811. The van der Waals surface area contributed by atoms with Crippen molar-refractivity contribution in [1.29, 1.82) is 0 Å². The number of hydrogen-bond acceptors (Lipinski definition) is 4. The number of H-pyrrole nitrogens is 1. The molecular formula is C16H19N3O4. The first-order valence-corrected chi connectivity index (χ1v) is 7.29. The standard InChI is InChI=1S/C16H19N3O4/c1-3-12-8-14(19-18-12)16(22)17-10(2)11-4-6-13(7-5-11)23-9-15(20)21/h4-8,10H,3,9H2,1-2H3,(H,17,22)(H,18,19)(H,20,21). The number of benzene rings is 1. The van der Waals surface area contributed by atoms with E-state index in [-0.39, 0.29) is 18.6 Å². The van der Waals surface area contributed by atoms with Crippen LogP contribution < -0.4 is 10.1 Å². The van der Waals surface area contributed by atoms with Crippen molar-refractivity contribution in [2.45, 2.75) is 26.3 Å². The number of carbonyl (C=O) groups is 2. The van der Waals surface area contributed by atoms with Crippen molar-refractivity contribution in [2.75, 3.05) is 6.61 Å².